The van der Waals surface area contributed by atoms with Crippen molar-refractivity contribution in [3.05, 3.63) is 30.2 Å². The minimum absolute atomic E-state index is 0.00281. The molecule has 6 heteroatoms. The third-order valence-electron chi connectivity index (χ3n) is 2.29. The maximum Gasteiger partial charge on any atom is 0.257 e. The molecule has 1 aromatic carbocycles. The van der Waals surface area contributed by atoms with E-state index in [-0.39, 0.29) is 12.5 Å². The predicted octanol–water partition coefficient (Wildman–Crippen LogP) is 1.17. The molecule has 1 amide bonds. The molecular weight excluding hydrogens is 234 g/mol. The lowest BCUT2D eigenvalue weighted by Gasteiger charge is -2.04. The van der Waals surface area contributed by atoms with Gasteiger partial charge in [-0.05, 0) is 24.3 Å². The Bertz CT molecular complexity index is 534. The van der Waals surface area contributed by atoms with Gasteiger partial charge in [0.1, 0.15) is 5.75 Å². The predicted molar refractivity (Wildman–Crippen MR) is 64.0 cm³/mol. The zero-order chi connectivity index (χ0) is 13.0. The van der Waals surface area contributed by atoms with Gasteiger partial charge < -0.3 is 14.6 Å². The molecule has 1 aromatic heterocycles. The number of aromatic nitrogens is 2. The van der Waals surface area contributed by atoms with Crippen LogP contribution < -0.4 is 10.1 Å². The van der Waals surface area contributed by atoms with E-state index in [1.54, 1.807) is 26.1 Å². The van der Waals surface area contributed by atoms with E-state index in [1.807, 2.05) is 12.1 Å². The molecule has 0 unspecified atom stereocenters. The highest BCUT2D eigenvalue weighted by atomic mass is 16.5. The largest absolute Gasteiger partial charge is 0.484 e. The summed E-state index contributed by atoms with van der Waals surface area (Å²) >= 11 is 0. The topological polar surface area (TPSA) is 77.2 Å². The molecule has 0 aliphatic rings. The van der Waals surface area contributed by atoms with Gasteiger partial charge in [0.05, 0.1) is 0 Å². The van der Waals surface area contributed by atoms with Gasteiger partial charge in [-0.25, -0.2) is 0 Å². The molecule has 1 heterocycles. The van der Waals surface area contributed by atoms with Crippen molar-refractivity contribution in [1.82, 2.24) is 15.5 Å². The van der Waals surface area contributed by atoms with Crippen molar-refractivity contribution < 1.29 is 14.1 Å². The summed E-state index contributed by atoms with van der Waals surface area (Å²) in [5.74, 6) is 1.49. The fourth-order valence-electron chi connectivity index (χ4n) is 1.34. The van der Waals surface area contributed by atoms with E-state index in [2.05, 4.69) is 15.5 Å². The molecule has 94 valence electrons. The number of benzene rings is 1. The summed E-state index contributed by atoms with van der Waals surface area (Å²) in [6.45, 7) is 1.73. The summed E-state index contributed by atoms with van der Waals surface area (Å²) in [7, 11) is 1.56. The molecule has 0 radical (unpaired) electrons. The summed E-state index contributed by atoms with van der Waals surface area (Å²) < 4.78 is 10.2. The van der Waals surface area contributed by atoms with Crippen LogP contribution in [0, 0.1) is 6.92 Å². The first-order valence-corrected chi connectivity index (χ1v) is 5.43. The van der Waals surface area contributed by atoms with Gasteiger partial charge in [0, 0.05) is 19.5 Å². The SMILES string of the molecule is CNC(=O)COc1ccc(-c2noc(C)n2)cc1. The highest BCUT2D eigenvalue weighted by Crippen LogP contribution is 2.19. The Morgan fingerprint density at radius 3 is 2.67 bits per heavy atom. The van der Waals surface area contributed by atoms with Gasteiger partial charge in [-0.15, -0.1) is 0 Å². The highest BCUT2D eigenvalue weighted by Gasteiger charge is 2.06. The van der Waals surface area contributed by atoms with Crippen molar-refractivity contribution in [3.63, 3.8) is 0 Å². The van der Waals surface area contributed by atoms with Crippen LogP contribution in [0.4, 0.5) is 0 Å². The fraction of sp³-hybridized carbons (Fsp3) is 0.250. The Kier molecular flexibility index (Phi) is 3.57. The number of nitrogens with zero attached hydrogens (tertiary/aromatic N) is 2. The highest BCUT2D eigenvalue weighted by molar-refractivity contribution is 5.77. The second-order valence-electron chi connectivity index (χ2n) is 3.62. The molecule has 0 fully saturated rings. The number of amides is 1. The number of nitrogens with one attached hydrogen (secondary N) is 1. The monoisotopic (exact) mass is 247 g/mol. The van der Waals surface area contributed by atoms with E-state index in [9.17, 15) is 4.79 Å². The lowest BCUT2D eigenvalue weighted by molar-refractivity contribution is -0.122. The van der Waals surface area contributed by atoms with E-state index >= 15 is 0 Å². The average Bonchev–Trinajstić information content (AvgIpc) is 2.83. The van der Waals surface area contributed by atoms with Crippen molar-refractivity contribution in [3.8, 4) is 17.1 Å². The Labute approximate surface area is 104 Å². The third kappa shape index (κ3) is 2.85. The van der Waals surface area contributed by atoms with Crippen LogP contribution in [0.2, 0.25) is 0 Å². The van der Waals surface area contributed by atoms with E-state index in [0.29, 0.717) is 17.5 Å². The minimum Gasteiger partial charge on any atom is -0.484 e. The molecule has 2 rings (SSSR count). The molecule has 0 spiro atoms. The zero-order valence-corrected chi connectivity index (χ0v) is 10.1. The van der Waals surface area contributed by atoms with Crippen molar-refractivity contribution in [1.29, 1.82) is 0 Å². The molecule has 2 aromatic rings. The van der Waals surface area contributed by atoms with Crippen molar-refractivity contribution in [2.24, 2.45) is 0 Å². The van der Waals surface area contributed by atoms with E-state index in [1.165, 1.54) is 0 Å². The van der Waals surface area contributed by atoms with Crippen molar-refractivity contribution in [2.45, 2.75) is 6.92 Å². The van der Waals surface area contributed by atoms with Crippen LogP contribution in [-0.2, 0) is 4.79 Å². The van der Waals surface area contributed by atoms with E-state index in [0.717, 1.165) is 5.56 Å². The molecule has 0 aliphatic carbocycles. The Balaban J connectivity index is 2.03. The zero-order valence-electron chi connectivity index (χ0n) is 10.1. The maximum absolute atomic E-state index is 11.0. The first kappa shape index (κ1) is 12.1. The van der Waals surface area contributed by atoms with Crippen LogP contribution in [0.5, 0.6) is 5.75 Å². The number of carbonyl (C=O) groups excluding carboxylic acids is 1. The van der Waals surface area contributed by atoms with Crippen molar-refractivity contribution >= 4 is 5.91 Å². The molecule has 0 saturated heterocycles. The summed E-state index contributed by atoms with van der Waals surface area (Å²) in [5.41, 5.74) is 0.833. The summed E-state index contributed by atoms with van der Waals surface area (Å²) in [4.78, 5) is 15.1. The van der Waals surface area contributed by atoms with E-state index in [4.69, 9.17) is 9.26 Å². The fourth-order valence-corrected chi connectivity index (χ4v) is 1.34. The van der Waals surface area contributed by atoms with Gasteiger partial charge in [-0.1, -0.05) is 5.16 Å². The molecule has 0 saturated carbocycles. The molecule has 0 bridgehead atoms. The van der Waals surface area contributed by atoms with Crippen LogP contribution in [0.3, 0.4) is 0 Å². The maximum atomic E-state index is 11.0. The Hall–Kier alpha value is -2.37. The number of hydrogen-bond acceptors (Lipinski definition) is 5. The standard InChI is InChI=1S/C12H13N3O3/c1-8-14-12(15-18-8)9-3-5-10(6-4-9)17-7-11(16)13-2/h3-6H,7H2,1-2H3,(H,13,16). The van der Waals surface area contributed by atoms with Crippen LogP contribution >= 0.6 is 0 Å². The molecule has 0 atom stereocenters. The smallest absolute Gasteiger partial charge is 0.257 e. The second kappa shape index (κ2) is 5.31. The number of aryl methyl sites for hydroxylation is 1. The van der Waals surface area contributed by atoms with E-state index < -0.39 is 0 Å². The van der Waals surface area contributed by atoms with Gasteiger partial charge in [0.2, 0.25) is 11.7 Å². The summed E-state index contributed by atoms with van der Waals surface area (Å²) in [5, 5.41) is 6.29. The van der Waals surface area contributed by atoms with Crippen LogP contribution in [0.25, 0.3) is 11.4 Å². The lowest BCUT2D eigenvalue weighted by Crippen LogP contribution is -2.24. The van der Waals surface area contributed by atoms with Gasteiger partial charge in [-0.2, -0.15) is 4.98 Å². The number of hydrogen-bond donors (Lipinski definition) is 1. The number of ether oxygens (including phenoxy) is 1. The third-order valence-corrected chi connectivity index (χ3v) is 2.29. The Morgan fingerprint density at radius 2 is 2.11 bits per heavy atom. The van der Waals surface area contributed by atoms with Crippen molar-refractivity contribution in [2.75, 3.05) is 13.7 Å². The normalized spacial score (nSPS) is 10.1. The number of rotatable bonds is 4. The molecular formula is C12H13N3O3. The van der Waals surface area contributed by atoms with Gasteiger partial charge in [0.25, 0.3) is 5.91 Å². The van der Waals surface area contributed by atoms with Crippen LogP contribution in [0.15, 0.2) is 28.8 Å². The van der Waals surface area contributed by atoms with Crippen LogP contribution in [0.1, 0.15) is 5.89 Å². The lowest BCUT2D eigenvalue weighted by atomic mass is 10.2. The number of likely N-dealkylation sites (N-methyl/N-ethyl adjacent to an activating group) is 1. The van der Waals surface area contributed by atoms with Crippen LogP contribution in [-0.4, -0.2) is 29.7 Å². The average molecular weight is 247 g/mol. The van der Waals surface area contributed by atoms with Gasteiger partial charge in [-0.3, -0.25) is 4.79 Å². The first-order valence-electron chi connectivity index (χ1n) is 5.43. The summed E-state index contributed by atoms with van der Waals surface area (Å²) in [6, 6.07) is 7.13. The second-order valence-corrected chi connectivity index (χ2v) is 3.62. The molecule has 1 N–H and O–H groups in total. The Morgan fingerprint density at radius 1 is 1.39 bits per heavy atom. The number of carbonyl (C=O) groups is 1. The first-order chi connectivity index (χ1) is 8.69. The van der Waals surface area contributed by atoms with Gasteiger partial charge >= 0.3 is 0 Å². The van der Waals surface area contributed by atoms with Gasteiger partial charge in [0.15, 0.2) is 6.61 Å². The molecule has 0 aliphatic heterocycles. The molecule has 6 nitrogen and oxygen atoms in total. The summed E-state index contributed by atoms with van der Waals surface area (Å²) in [6.07, 6.45) is 0. The quantitative estimate of drug-likeness (QED) is 0.877. The molecule has 18 heavy (non-hydrogen) atoms. The minimum atomic E-state index is -0.173.